The van der Waals surface area contributed by atoms with Gasteiger partial charge in [0.25, 0.3) is 0 Å². The average Bonchev–Trinajstić information content (AvgIpc) is 3.18. The van der Waals surface area contributed by atoms with Crippen molar-refractivity contribution >= 4 is 0 Å². The molecule has 1 saturated heterocycles. The van der Waals surface area contributed by atoms with Crippen LogP contribution in [0.5, 0.6) is 0 Å². The van der Waals surface area contributed by atoms with Crippen LogP contribution in [0.15, 0.2) is 60.9 Å². The van der Waals surface area contributed by atoms with Crippen LogP contribution in [0.1, 0.15) is 35.4 Å². The second-order valence-corrected chi connectivity index (χ2v) is 9.57. The van der Waals surface area contributed by atoms with Crippen molar-refractivity contribution in [1.82, 2.24) is 24.6 Å². The molecular formula is C28H39N5O. The van der Waals surface area contributed by atoms with E-state index in [1.165, 1.54) is 24.0 Å². The zero-order valence-electron chi connectivity index (χ0n) is 20.9. The maximum atomic E-state index is 5.52. The van der Waals surface area contributed by atoms with Crippen molar-refractivity contribution in [3.8, 4) is 0 Å². The number of hydrogen-bond donors (Lipinski definition) is 0. The third-order valence-corrected chi connectivity index (χ3v) is 7.12. The van der Waals surface area contributed by atoms with Crippen molar-refractivity contribution in [2.24, 2.45) is 13.0 Å². The summed E-state index contributed by atoms with van der Waals surface area (Å²) < 4.78 is 7.45. The van der Waals surface area contributed by atoms with E-state index in [4.69, 9.17) is 4.74 Å². The number of ether oxygens (including phenoxy) is 1. The molecule has 0 radical (unpaired) electrons. The van der Waals surface area contributed by atoms with Crippen molar-refractivity contribution in [1.29, 1.82) is 0 Å². The van der Waals surface area contributed by atoms with Crippen molar-refractivity contribution in [2.75, 3.05) is 33.4 Å². The predicted molar refractivity (Wildman–Crippen MR) is 136 cm³/mol. The summed E-state index contributed by atoms with van der Waals surface area (Å²) in [7, 11) is 3.80. The Labute approximate surface area is 204 Å². The molecule has 0 spiro atoms. The topological polar surface area (TPSA) is 46.4 Å². The van der Waals surface area contributed by atoms with E-state index in [9.17, 15) is 0 Å². The molecule has 1 aromatic carbocycles. The van der Waals surface area contributed by atoms with Crippen LogP contribution in [0, 0.1) is 12.8 Å². The van der Waals surface area contributed by atoms with E-state index in [-0.39, 0.29) is 0 Å². The van der Waals surface area contributed by atoms with Crippen LogP contribution in [-0.4, -0.2) is 64.0 Å². The Morgan fingerprint density at radius 2 is 1.85 bits per heavy atom. The summed E-state index contributed by atoms with van der Waals surface area (Å²) in [4.78, 5) is 9.84. The molecule has 1 aliphatic heterocycles. The Morgan fingerprint density at radius 3 is 2.50 bits per heavy atom. The van der Waals surface area contributed by atoms with Gasteiger partial charge in [0.15, 0.2) is 0 Å². The molecule has 0 amide bonds. The highest BCUT2D eigenvalue weighted by molar-refractivity contribution is 5.17. The van der Waals surface area contributed by atoms with Gasteiger partial charge >= 0.3 is 0 Å². The van der Waals surface area contributed by atoms with Crippen LogP contribution in [0.3, 0.4) is 0 Å². The van der Waals surface area contributed by atoms with Gasteiger partial charge in [-0.3, -0.25) is 19.5 Å². The summed E-state index contributed by atoms with van der Waals surface area (Å²) in [5.74, 6) is 0.645. The van der Waals surface area contributed by atoms with Gasteiger partial charge in [0.1, 0.15) is 0 Å². The van der Waals surface area contributed by atoms with Gasteiger partial charge in [-0.25, -0.2) is 0 Å². The van der Waals surface area contributed by atoms with Gasteiger partial charge < -0.3 is 4.74 Å². The summed E-state index contributed by atoms with van der Waals surface area (Å²) in [5, 5.41) is 4.52. The van der Waals surface area contributed by atoms with Gasteiger partial charge in [-0.05, 0) is 62.9 Å². The number of likely N-dealkylation sites (tertiary alicyclic amines) is 1. The molecule has 1 aliphatic rings. The molecule has 3 aromatic rings. The highest BCUT2D eigenvalue weighted by Gasteiger charge is 2.31. The molecule has 1 atom stereocenters. The number of rotatable bonds is 11. The molecule has 1 fully saturated rings. The van der Waals surface area contributed by atoms with Gasteiger partial charge in [-0.1, -0.05) is 36.4 Å². The standard InChI is InChI=1S/C28H39N5O/c1-23-26(20-31(2)30-23)21-32-15-12-25(13-16-32)28(19-24-9-5-4-6-10-24)33(17-18-34-3)22-27-11-7-8-14-29-27/h4-11,14,20,25,28H,12-13,15-19,21-22H2,1-3H3/t28-/m1/s1. The fourth-order valence-corrected chi connectivity index (χ4v) is 5.26. The summed E-state index contributed by atoms with van der Waals surface area (Å²) in [6, 6.07) is 17.6. The monoisotopic (exact) mass is 461 g/mol. The van der Waals surface area contributed by atoms with Crippen LogP contribution >= 0.6 is 0 Å². The lowest BCUT2D eigenvalue weighted by Gasteiger charge is -2.41. The summed E-state index contributed by atoms with van der Waals surface area (Å²) in [6.07, 6.45) is 7.54. The molecule has 6 nitrogen and oxygen atoms in total. The van der Waals surface area contributed by atoms with E-state index in [1.54, 1.807) is 7.11 Å². The highest BCUT2D eigenvalue weighted by Crippen LogP contribution is 2.29. The third kappa shape index (κ3) is 6.75. The fourth-order valence-electron chi connectivity index (χ4n) is 5.26. The minimum absolute atomic E-state index is 0.460. The SMILES string of the molecule is COCCN(Cc1ccccn1)[C@H](Cc1ccccc1)C1CCN(Cc2cn(C)nc2C)CC1. The first-order valence-electron chi connectivity index (χ1n) is 12.5. The molecule has 182 valence electrons. The first kappa shape index (κ1) is 24.6. The minimum atomic E-state index is 0.460. The largest absolute Gasteiger partial charge is 0.383 e. The number of benzene rings is 1. The lowest BCUT2D eigenvalue weighted by molar-refractivity contribution is 0.0563. The lowest BCUT2D eigenvalue weighted by Crippen LogP contribution is -2.47. The van der Waals surface area contributed by atoms with Crippen molar-refractivity contribution in [2.45, 2.75) is 45.3 Å². The molecule has 0 aliphatic carbocycles. The molecule has 3 heterocycles. The Balaban J connectivity index is 1.48. The Kier molecular flexibility index (Phi) is 8.85. The summed E-state index contributed by atoms with van der Waals surface area (Å²) >= 11 is 0. The summed E-state index contributed by atoms with van der Waals surface area (Å²) in [6.45, 7) is 7.88. The number of pyridine rings is 1. The fraction of sp³-hybridized carbons (Fsp3) is 0.500. The molecular weight excluding hydrogens is 422 g/mol. The van der Waals surface area contributed by atoms with Crippen LogP contribution in [-0.2, 0) is 31.3 Å². The quantitative estimate of drug-likeness (QED) is 0.430. The number of hydrogen-bond acceptors (Lipinski definition) is 5. The van der Waals surface area contributed by atoms with E-state index in [1.807, 2.05) is 24.0 Å². The zero-order valence-corrected chi connectivity index (χ0v) is 20.9. The van der Waals surface area contributed by atoms with E-state index in [2.05, 4.69) is 75.5 Å². The highest BCUT2D eigenvalue weighted by atomic mass is 16.5. The minimum Gasteiger partial charge on any atom is -0.383 e. The first-order valence-corrected chi connectivity index (χ1v) is 12.5. The van der Waals surface area contributed by atoms with Crippen LogP contribution in [0.4, 0.5) is 0 Å². The molecule has 34 heavy (non-hydrogen) atoms. The number of methoxy groups -OCH3 is 1. The van der Waals surface area contributed by atoms with Gasteiger partial charge in [0.05, 0.1) is 18.0 Å². The second kappa shape index (κ2) is 12.2. The van der Waals surface area contributed by atoms with Gasteiger partial charge in [-0.2, -0.15) is 5.10 Å². The first-order chi connectivity index (χ1) is 16.6. The van der Waals surface area contributed by atoms with Gasteiger partial charge in [0, 0.05) is 57.8 Å². The summed E-state index contributed by atoms with van der Waals surface area (Å²) in [5.41, 5.74) is 5.02. The van der Waals surface area contributed by atoms with E-state index >= 15 is 0 Å². The molecule has 0 unspecified atom stereocenters. The second-order valence-electron chi connectivity index (χ2n) is 9.57. The van der Waals surface area contributed by atoms with Crippen molar-refractivity contribution in [3.63, 3.8) is 0 Å². The number of aryl methyl sites for hydroxylation is 2. The van der Waals surface area contributed by atoms with Crippen molar-refractivity contribution in [3.05, 3.63) is 83.4 Å². The molecule has 0 N–H and O–H groups in total. The Bertz CT molecular complexity index is 983. The van der Waals surface area contributed by atoms with Gasteiger partial charge in [0.2, 0.25) is 0 Å². The molecule has 2 aromatic heterocycles. The van der Waals surface area contributed by atoms with E-state index < -0.39 is 0 Å². The van der Waals surface area contributed by atoms with Gasteiger partial charge in [-0.15, -0.1) is 0 Å². The average molecular weight is 462 g/mol. The lowest BCUT2D eigenvalue weighted by atomic mass is 9.84. The van der Waals surface area contributed by atoms with Crippen LogP contribution in [0.2, 0.25) is 0 Å². The number of nitrogens with zero attached hydrogens (tertiary/aromatic N) is 5. The van der Waals surface area contributed by atoms with Crippen molar-refractivity contribution < 1.29 is 4.74 Å². The Morgan fingerprint density at radius 1 is 1.09 bits per heavy atom. The molecule has 0 saturated carbocycles. The van der Waals surface area contributed by atoms with Crippen LogP contribution < -0.4 is 0 Å². The normalized spacial score (nSPS) is 16.2. The number of piperidine rings is 1. The molecule has 6 heteroatoms. The van der Waals surface area contributed by atoms with Crippen LogP contribution in [0.25, 0.3) is 0 Å². The maximum Gasteiger partial charge on any atom is 0.0638 e. The zero-order chi connectivity index (χ0) is 23.8. The smallest absolute Gasteiger partial charge is 0.0638 e. The molecule has 4 rings (SSSR count). The third-order valence-electron chi connectivity index (χ3n) is 7.12. The molecule has 0 bridgehead atoms. The Hall–Kier alpha value is -2.54. The predicted octanol–water partition coefficient (Wildman–Crippen LogP) is 4.10. The number of aromatic nitrogens is 3. The maximum absolute atomic E-state index is 5.52. The van der Waals surface area contributed by atoms with E-state index in [0.29, 0.717) is 12.0 Å². The van der Waals surface area contributed by atoms with E-state index in [0.717, 1.165) is 57.1 Å².